The van der Waals surface area contributed by atoms with E-state index in [1.807, 2.05) is 24.3 Å². The maximum atomic E-state index is 5.84. The molecule has 3 N–H and O–H groups in total. The molecule has 1 unspecified atom stereocenters. The molecule has 2 nitrogen and oxygen atoms in total. The van der Waals surface area contributed by atoms with Gasteiger partial charge in [-0.25, -0.2) is 0 Å². The maximum Gasteiger partial charge on any atom is 0.0406 e. The van der Waals surface area contributed by atoms with Crippen molar-refractivity contribution in [1.29, 1.82) is 0 Å². The third kappa shape index (κ3) is 4.20. The summed E-state index contributed by atoms with van der Waals surface area (Å²) in [5, 5.41) is 4.18. The summed E-state index contributed by atoms with van der Waals surface area (Å²) in [5.41, 5.74) is 7.08. The molecule has 1 aromatic rings. The van der Waals surface area contributed by atoms with Crippen LogP contribution < -0.4 is 11.1 Å². The number of nitrogens with one attached hydrogen (secondary N) is 1. The van der Waals surface area contributed by atoms with Gasteiger partial charge in [-0.2, -0.15) is 0 Å². The lowest BCUT2D eigenvalue weighted by Crippen LogP contribution is -2.34. The monoisotopic (exact) mass is 226 g/mol. The van der Waals surface area contributed by atoms with Crippen molar-refractivity contribution in [2.24, 2.45) is 5.73 Å². The fourth-order valence-corrected chi connectivity index (χ4v) is 1.47. The second-order valence-corrected chi connectivity index (χ2v) is 4.29. The Morgan fingerprint density at radius 2 is 1.93 bits per heavy atom. The molecule has 0 aliphatic carbocycles. The van der Waals surface area contributed by atoms with Crippen LogP contribution in [0.2, 0.25) is 5.02 Å². The van der Waals surface area contributed by atoms with Crippen molar-refractivity contribution < 1.29 is 0 Å². The molecule has 0 saturated carbocycles. The molecule has 2 atom stereocenters. The molecule has 0 bridgehead atoms. The zero-order chi connectivity index (χ0) is 11.3. The Kier molecular flexibility index (Phi) is 5.09. The molecule has 0 saturated heterocycles. The van der Waals surface area contributed by atoms with Gasteiger partial charge >= 0.3 is 0 Å². The molecule has 0 aliphatic heterocycles. The van der Waals surface area contributed by atoms with E-state index >= 15 is 0 Å². The lowest BCUT2D eigenvalue weighted by Gasteiger charge is -2.17. The Morgan fingerprint density at radius 1 is 1.33 bits per heavy atom. The van der Waals surface area contributed by atoms with Crippen LogP contribution >= 0.6 is 11.6 Å². The first kappa shape index (κ1) is 12.5. The minimum absolute atomic E-state index is 0.236. The van der Waals surface area contributed by atoms with Crippen LogP contribution in [0.15, 0.2) is 24.3 Å². The summed E-state index contributed by atoms with van der Waals surface area (Å²) in [6.45, 7) is 5.07. The summed E-state index contributed by atoms with van der Waals surface area (Å²) in [6.07, 6.45) is 1.00. The first-order valence-electron chi connectivity index (χ1n) is 5.38. The third-order valence-corrected chi connectivity index (χ3v) is 2.83. The van der Waals surface area contributed by atoms with Gasteiger partial charge in [0.05, 0.1) is 0 Å². The van der Waals surface area contributed by atoms with Gasteiger partial charge in [0.15, 0.2) is 0 Å². The van der Waals surface area contributed by atoms with E-state index in [1.54, 1.807) is 0 Å². The van der Waals surface area contributed by atoms with E-state index in [0.29, 0.717) is 6.04 Å². The van der Waals surface area contributed by atoms with Gasteiger partial charge in [-0.3, -0.25) is 0 Å². The number of nitrogens with two attached hydrogens (primary N) is 1. The highest BCUT2D eigenvalue weighted by molar-refractivity contribution is 6.30. The Morgan fingerprint density at radius 3 is 2.47 bits per heavy atom. The van der Waals surface area contributed by atoms with Crippen LogP contribution in [-0.2, 0) is 0 Å². The molecule has 0 spiro atoms. The summed E-state index contributed by atoms with van der Waals surface area (Å²) >= 11 is 5.83. The summed E-state index contributed by atoms with van der Waals surface area (Å²) in [7, 11) is 0. The first-order valence-corrected chi connectivity index (χ1v) is 5.75. The van der Waals surface area contributed by atoms with Crippen molar-refractivity contribution in [3.63, 3.8) is 0 Å². The predicted molar refractivity (Wildman–Crippen MR) is 66.1 cm³/mol. The quantitative estimate of drug-likeness (QED) is 0.810. The van der Waals surface area contributed by atoms with Crippen LogP contribution in [0.4, 0.5) is 0 Å². The summed E-state index contributed by atoms with van der Waals surface area (Å²) in [5.74, 6) is 0. The van der Waals surface area contributed by atoms with Crippen LogP contribution in [0, 0.1) is 0 Å². The van der Waals surface area contributed by atoms with Crippen LogP contribution in [0.1, 0.15) is 31.9 Å². The van der Waals surface area contributed by atoms with Gasteiger partial charge in [-0.1, -0.05) is 30.7 Å². The van der Waals surface area contributed by atoms with E-state index in [1.165, 1.54) is 5.56 Å². The second-order valence-electron chi connectivity index (χ2n) is 3.85. The lowest BCUT2D eigenvalue weighted by atomic mass is 10.1. The summed E-state index contributed by atoms with van der Waals surface area (Å²) in [6, 6.07) is 8.46. The fourth-order valence-electron chi connectivity index (χ4n) is 1.34. The number of hydrogen-bond acceptors (Lipinski definition) is 2. The number of benzene rings is 1. The van der Waals surface area contributed by atoms with Crippen LogP contribution in [0.5, 0.6) is 0 Å². The van der Waals surface area contributed by atoms with Crippen molar-refractivity contribution in [2.45, 2.75) is 32.4 Å². The molecule has 1 rings (SSSR count). The smallest absolute Gasteiger partial charge is 0.0406 e. The molecule has 1 aromatic carbocycles. The number of rotatable bonds is 5. The molecule has 0 fully saturated rings. The minimum Gasteiger partial charge on any atom is -0.327 e. The Labute approximate surface area is 96.8 Å². The molecule has 3 heteroatoms. The van der Waals surface area contributed by atoms with Crippen LogP contribution in [0.25, 0.3) is 0 Å². The van der Waals surface area contributed by atoms with E-state index in [2.05, 4.69) is 19.2 Å². The standard InChI is InChI=1S/C12H19ClN2/c1-3-12(14)8-15-9(2)10-4-6-11(13)7-5-10/h4-7,9,12,15H,3,8,14H2,1-2H3/t9-,12?/m0/s1. The van der Waals surface area contributed by atoms with E-state index in [-0.39, 0.29) is 6.04 Å². The topological polar surface area (TPSA) is 38.0 Å². The van der Waals surface area contributed by atoms with E-state index in [4.69, 9.17) is 17.3 Å². The molecule has 0 aromatic heterocycles. The Bertz CT molecular complexity index is 284. The van der Waals surface area contributed by atoms with E-state index in [0.717, 1.165) is 18.0 Å². The third-order valence-electron chi connectivity index (χ3n) is 2.58. The van der Waals surface area contributed by atoms with Gasteiger partial charge in [0.25, 0.3) is 0 Å². The zero-order valence-electron chi connectivity index (χ0n) is 9.33. The van der Waals surface area contributed by atoms with Crippen molar-refractivity contribution in [1.82, 2.24) is 5.32 Å². The number of halogens is 1. The summed E-state index contributed by atoms with van der Waals surface area (Å²) in [4.78, 5) is 0. The van der Waals surface area contributed by atoms with Crippen LogP contribution in [-0.4, -0.2) is 12.6 Å². The maximum absolute atomic E-state index is 5.84. The molecule has 0 amide bonds. The predicted octanol–water partition coefficient (Wildman–Crippen LogP) is 2.73. The van der Waals surface area contributed by atoms with Crippen LogP contribution in [0.3, 0.4) is 0 Å². The average molecular weight is 227 g/mol. The largest absolute Gasteiger partial charge is 0.327 e. The summed E-state index contributed by atoms with van der Waals surface area (Å²) < 4.78 is 0. The fraction of sp³-hybridized carbons (Fsp3) is 0.500. The normalized spacial score (nSPS) is 14.9. The Hall–Kier alpha value is -0.570. The minimum atomic E-state index is 0.236. The highest BCUT2D eigenvalue weighted by Crippen LogP contribution is 2.15. The lowest BCUT2D eigenvalue weighted by molar-refractivity contribution is 0.508. The average Bonchev–Trinajstić information content (AvgIpc) is 2.26. The van der Waals surface area contributed by atoms with Gasteiger partial charge in [0.2, 0.25) is 0 Å². The first-order chi connectivity index (χ1) is 7.13. The van der Waals surface area contributed by atoms with Crippen molar-refractivity contribution in [3.8, 4) is 0 Å². The van der Waals surface area contributed by atoms with Crippen molar-refractivity contribution >= 4 is 11.6 Å². The zero-order valence-corrected chi connectivity index (χ0v) is 10.1. The van der Waals surface area contributed by atoms with Gasteiger partial charge in [0.1, 0.15) is 0 Å². The molecular weight excluding hydrogens is 208 g/mol. The highest BCUT2D eigenvalue weighted by atomic mass is 35.5. The molecule has 0 radical (unpaired) electrons. The van der Waals surface area contributed by atoms with E-state index in [9.17, 15) is 0 Å². The van der Waals surface area contributed by atoms with Gasteiger partial charge in [0, 0.05) is 23.7 Å². The molecule has 15 heavy (non-hydrogen) atoms. The van der Waals surface area contributed by atoms with Crippen molar-refractivity contribution in [2.75, 3.05) is 6.54 Å². The highest BCUT2D eigenvalue weighted by Gasteiger charge is 2.06. The van der Waals surface area contributed by atoms with Crippen molar-refractivity contribution in [3.05, 3.63) is 34.9 Å². The van der Waals surface area contributed by atoms with E-state index < -0.39 is 0 Å². The Balaban J connectivity index is 2.46. The van der Waals surface area contributed by atoms with Gasteiger partial charge in [-0.15, -0.1) is 0 Å². The second kappa shape index (κ2) is 6.11. The van der Waals surface area contributed by atoms with Gasteiger partial charge in [-0.05, 0) is 31.0 Å². The molecule has 0 heterocycles. The molecule has 0 aliphatic rings. The molecular formula is C12H19ClN2. The van der Waals surface area contributed by atoms with Gasteiger partial charge < -0.3 is 11.1 Å². The SMILES string of the molecule is CCC(N)CN[C@@H](C)c1ccc(Cl)cc1. The number of hydrogen-bond donors (Lipinski definition) is 2. The molecule has 84 valence electrons.